The van der Waals surface area contributed by atoms with Gasteiger partial charge in [0.05, 0.1) is 6.61 Å². The third kappa shape index (κ3) is 6.22. The minimum absolute atomic E-state index is 0.0446. The summed E-state index contributed by atoms with van der Waals surface area (Å²) in [6.45, 7) is 4.68. The second-order valence-electron chi connectivity index (χ2n) is 4.02. The number of carbonyl (C=O) groups is 1. The number of methoxy groups -OCH3 is 1. The Labute approximate surface area is 114 Å². The van der Waals surface area contributed by atoms with Gasteiger partial charge in [0.25, 0.3) is 5.91 Å². The summed E-state index contributed by atoms with van der Waals surface area (Å²) < 4.78 is 10.5. The molecule has 0 saturated heterocycles. The number of amides is 1. The molecule has 19 heavy (non-hydrogen) atoms. The van der Waals surface area contributed by atoms with Crippen LogP contribution in [-0.2, 0) is 16.1 Å². The molecule has 5 heteroatoms. The maximum atomic E-state index is 11.4. The number of likely N-dealkylation sites (N-methyl/N-ethyl adjacent to an activating group) is 1. The predicted molar refractivity (Wildman–Crippen MR) is 74.2 cm³/mol. The fraction of sp³-hybridized carbons (Fsp3) is 0.500. The zero-order chi connectivity index (χ0) is 13.9. The molecule has 0 atom stereocenters. The first-order valence-corrected chi connectivity index (χ1v) is 6.45. The lowest BCUT2D eigenvalue weighted by molar-refractivity contribution is -0.122. The molecule has 1 aromatic carbocycles. The van der Waals surface area contributed by atoms with Crippen molar-refractivity contribution in [3.8, 4) is 5.75 Å². The molecule has 0 aromatic heterocycles. The van der Waals surface area contributed by atoms with Crippen molar-refractivity contribution in [1.82, 2.24) is 10.6 Å². The van der Waals surface area contributed by atoms with Gasteiger partial charge in [0.15, 0.2) is 6.61 Å². The summed E-state index contributed by atoms with van der Waals surface area (Å²) in [4.78, 5) is 11.4. The molecule has 1 rings (SSSR count). The Bertz CT molecular complexity index is 383. The van der Waals surface area contributed by atoms with Crippen LogP contribution in [0.15, 0.2) is 24.3 Å². The molecular weight excluding hydrogens is 244 g/mol. The second kappa shape index (κ2) is 9.35. The van der Waals surface area contributed by atoms with Gasteiger partial charge in [0, 0.05) is 32.3 Å². The fourth-order valence-corrected chi connectivity index (χ4v) is 1.58. The molecule has 0 saturated carbocycles. The van der Waals surface area contributed by atoms with Crippen molar-refractivity contribution >= 4 is 5.91 Å². The molecule has 0 aliphatic heterocycles. The van der Waals surface area contributed by atoms with Gasteiger partial charge in [-0.2, -0.15) is 0 Å². The van der Waals surface area contributed by atoms with E-state index in [1.165, 1.54) is 0 Å². The smallest absolute Gasteiger partial charge is 0.257 e. The van der Waals surface area contributed by atoms with E-state index in [2.05, 4.69) is 10.6 Å². The molecule has 5 nitrogen and oxygen atoms in total. The van der Waals surface area contributed by atoms with Gasteiger partial charge in [0.1, 0.15) is 5.75 Å². The first-order chi connectivity index (χ1) is 9.27. The summed E-state index contributed by atoms with van der Waals surface area (Å²) >= 11 is 0. The van der Waals surface area contributed by atoms with E-state index in [1.807, 2.05) is 31.2 Å². The Morgan fingerprint density at radius 2 is 2.11 bits per heavy atom. The molecule has 0 radical (unpaired) electrons. The third-order valence-corrected chi connectivity index (χ3v) is 2.50. The van der Waals surface area contributed by atoms with E-state index >= 15 is 0 Å². The normalized spacial score (nSPS) is 10.2. The lowest BCUT2D eigenvalue weighted by Gasteiger charge is -2.11. The van der Waals surface area contributed by atoms with Crippen LogP contribution in [-0.4, -0.2) is 39.3 Å². The van der Waals surface area contributed by atoms with Crippen LogP contribution in [0, 0.1) is 0 Å². The molecule has 1 aromatic rings. The van der Waals surface area contributed by atoms with Crippen molar-refractivity contribution in [2.24, 2.45) is 0 Å². The number of hydrogen-bond acceptors (Lipinski definition) is 4. The highest BCUT2D eigenvalue weighted by Crippen LogP contribution is 2.17. The first-order valence-electron chi connectivity index (χ1n) is 6.45. The Kier molecular flexibility index (Phi) is 7.62. The van der Waals surface area contributed by atoms with Crippen molar-refractivity contribution in [2.45, 2.75) is 13.5 Å². The van der Waals surface area contributed by atoms with Gasteiger partial charge in [0.2, 0.25) is 0 Å². The summed E-state index contributed by atoms with van der Waals surface area (Å²) in [6.07, 6.45) is 0. The molecule has 0 aliphatic rings. The molecule has 0 fully saturated rings. The molecule has 2 N–H and O–H groups in total. The van der Waals surface area contributed by atoms with E-state index in [-0.39, 0.29) is 12.5 Å². The zero-order valence-electron chi connectivity index (χ0n) is 11.6. The molecule has 0 bridgehead atoms. The number of ether oxygens (including phenoxy) is 2. The lowest BCUT2D eigenvalue weighted by atomic mass is 10.2. The van der Waals surface area contributed by atoms with E-state index in [1.54, 1.807) is 7.11 Å². The monoisotopic (exact) mass is 266 g/mol. The van der Waals surface area contributed by atoms with E-state index in [9.17, 15) is 4.79 Å². The van der Waals surface area contributed by atoms with E-state index in [0.717, 1.165) is 17.9 Å². The molecule has 0 unspecified atom stereocenters. The van der Waals surface area contributed by atoms with Crippen molar-refractivity contribution < 1.29 is 14.3 Å². The van der Waals surface area contributed by atoms with Crippen LogP contribution in [0.2, 0.25) is 0 Å². The lowest BCUT2D eigenvalue weighted by Crippen LogP contribution is -2.28. The predicted octanol–water partition coefficient (Wildman–Crippen LogP) is 0.938. The minimum atomic E-state index is -0.107. The quantitative estimate of drug-likeness (QED) is 0.653. The van der Waals surface area contributed by atoms with Gasteiger partial charge in [-0.25, -0.2) is 0 Å². The van der Waals surface area contributed by atoms with Crippen molar-refractivity contribution in [1.29, 1.82) is 0 Å². The van der Waals surface area contributed by atoms with Crippen LogP contribution < -0.4 is 15.4 Å². The first kappa shape index (κ1) is 15.5. The van der Waals surface area contributed by atoms with E-state index < -0.39 is 0 Å². The maximum Gasteiger partial charge on any atom is 0.257 e. The maximum absolute atomic E-state index is 11.4. The van der Waals surface area contributed by atoms with Crippen LogP contribution in [0.3, 0.4) is 0 Å². The standard InChI is InChI=1S/C14H22N2O3/c1-3-16-14(17)11-19-13-7-5-4-6-12(13)10-15-8-9-18-2/h4-7,15H,3,8-11H2,1-2H3,(H,16,17). The fourth-order valence-electron chi connectivity index (χ4n) is 1.58. The van der Waals surface area contributed by atoms with Gasteiger partial charge in [-0.05, 0) is 13.0 Å². The highest BCUT2D eigenvalue weighted by Gasteiger charge is 2.05. The van der Waals surface area contributed by atoms with Crippen molar-refractivity contribution in [3.05, 3.63) is 29.8 Å². The summed E-state index contributed by atoms with van der Waals surface area (Å²) in [6, 6.07) is 7.69. The molecule has 106 valence electrons. The summed E-state index contributed by atoms with van der Waals surface area (Å²) in [7, 11) is 1.67. The average molecular weight is 266 g/mol. The van der Waals surface area contributed by atoms with Crippen LogP contribution >= 0.6 is 0 Å². The van der Waals surface area contributed by atoms with Gasteiger partial charge in [-0.1, -0.05) is 18.2 Å². The summed E-state index contributed by atoms with van der Waals surface area (Å²) in [5.74, 6) is 0.628. The SMILES string of the molecule is CCNC(=O)COc1ccccc1CNCCOC. The van der Waals surface area contributed by atoms with Gasteiger partial charge in [-0.15, -0.1) is 0 Å². The van der Waals surface area contributed by atoms with Crippen LogP contribution in [0.1, 0.15) is 12.5 Å². The van der Waals surface area contributed by atoms with Crippen molar-refractivity contribution in [3.63, 3.8) is 0 Å². The topological polar surface area (TPSA) is 59.6 Å². The third-order valence-electron chi connectivity index (χ3n) is 2.50. The van der Waals surface area contributed by atoms with Crippen LogP contribution in [0.5, 0.6) is 5.75 Å². The van der Waals surface area contributed by atoms with Gasteiger partial charge in [-0.3, -0.25) is 4.79 Å². The molecular formula is C14H22N2O3. The van der Waals surface area contributed by atoms with Gasteiger partial charge >= 0.3 is 0 Å². The Morgan fingerprint density at radius 3 is 2.84 bits per heavy atom. The number of carbonyl (C=O) groups excluding carboxylic acids is 1. The highest BCUT2D eigenvalue weighted by atomic mass is 16.5. The Morgan fingerprint density at radius 1 is 1.32 bits per heavy atom. The minimum Gasteiger partial charge on any atom is -0.483 e. The number of para-hydroxylation sites is 1. The molecule has 0 heterocycles. The summed E-state index contributed by atoms with van der Waals surface area (Å²) in [5.41, 5.74) is 1.03. The number of hydrogen-bond donors (Lipinski definition) is 2. The van der Waals surface area contributed by atoms with Crippen LogP contribution in [0.4, 0.5) is 0 Å². The zero-order valence-corrected chi connectivity index (χ0v) is 11.6. The highest BCUT2D eigenvalue weighted by molar-refractivity contribution is 5.77. The summed E-state index contributed by atoms with van der Waals surface area (Å²) in [5, 5.41) is 5.95. The number of nitrogens with one attached hydrogen (secondary N) is 2. The molecule has 1 amide bonds. The molecule has 0 spiro atoms. The second-order valence-corrected chi connectivity index (χ2v) is 4.02. The number of benzene rings is 1. The van der Waals surface area contributed by atoms with E-state index in [4.69, 9.17) is 9.47 Å². The van der Waals surface area contributed by atoms with Gasteiger partial charge < -0.3 is 20.1 Å². The van der Waals surface area contributed by atoms with E-state index in [0.29, 0.717) is 19.7 Å². The molecule has 0 aliphatic carbocycles. The van der Waals surface area contributed by atoms with Crippen molar-refractivity contribution in [2.75, 3.05) is 33.4 Å². The average Bonchev–Trinajstić information content (AvgIpc) is 2.43. The number of rotatable bonds is 9. The Hall–Kier alpha value is -1.59. The largest absolute Gasteiger partial charge is 0.483 e. The Balaban J connectivity index is 2.45. The van der Waals surface area contributed by atoms with Crippen LogP contribution in [0.25, 0.3) is 0 Å².